The molecule has 0 saturated heterocycles. The second-order valence-corrected chi connectivity index (χ2v) is 6.61. The number of fused-ring (bicyclic) bond motifs is 1. The number of hydrogen-bond acceptors (Lipinski definition) is 1. The second-order valence-electron chi connectivity index (χ2n) is 3.84. The number of thiophene rings is 1. The smallest absolute Gasteiger partial charge is 0.0580 e. The highest BCUT2D eigenvalue weighted by molar-refractivity contribution is 9.10. The largest absolute Gasteiger partial charge is 0.342 e. The van der Waals surface area contributed by atoms with Crippen LogP contribution in [0.5, 0.6) is 0 Å². The van der Waals surface area contributed by atoms with Gasteiger partial charge in [0.05, 0.1) is 6.54 Å². The molecule has 0 bridgehead atoms. The van der Waals surface area contributed by atoms with Crippen LogP contribution < -0.4 is 0 Å². The maximum Gasteiger partial charge on any atom is 0.0580 e. The normalized spacial score (nSPS) is 11.2. The molecule has 0 spiro atoms. The molecule has 0 atom stereocenters. The van der Waals surface area contributed by atoms with Gasteiger partial charge in [0.25, 0.3) is 0 Å². The summed E-state index contributed by atoms with van der Waals surface area (Å²) in [6, 6.07) is 10.6. The zero-order valence-corrected chi connectivity index (χ0v) is 12.8. The highest BCUT2D eigenvalue weighted by Crippen LogP contribution is 2.26. The Kier molecular flexibility index (Phi) is 3.11. The summed E-state index contributed by atoms with van der Waals surface area (Å²) in [4.78, 5) is 1.35. The molecule has 0 aliphatic heterocycles. The van der Waals surface area contributed by atoms with Gasteiger partial charge < -0.3 is 4.57 Å². The molecule has 2 aromatic heterocycles. The fraction of sp³-hybridized carbons (Fsp3) is 0.0769. The highest BCUT2D eigenvalue weighted by atomic mass is 79.9. The predicted molar refractivity (Wildman–Crippen MR) is 80.8 cm³/mol. The van der Waals surface area contributed by atoms with Crippen molar-refractivity contribution in [3.63, 3.8) is 0 Å². The van der Waals surface area contributed by atoms with Crippen molar-refractivity contribution >= 4 is 54.1 Å². The topological polar surface area (TPSA) is 4.93 Å². The Morgan fingerprint density at radius 3 is 2.76 bits per heavy atom. The lowest BCUT2D eigenvalue weighted by atomic mass is 10.2. The summed E-state index contributed by atoms with van der Waals surface area (Å²) in [6.07, 6.45) is 2.14. The molecule has 86 valence electrons. The summed E-state index contributed by atoms with van der Waals surface area (Å²) >= 11 is 8.88. The zero-order chi connectivity index (χ0) is 11.8. The van der Waals surface area contributed by atoms with Gasteiger partial charge in [-0.2, -0.15) is 0 Å². The Balaban J connectivity index is 2.06. The number of nitrogens with zero attached hydrogens (tertiary/aromatic N) is 1. The Hall–Kier alpha value is -0.580. The first-order valence-electron chi connectivity index (χ1n) is 5.20. The van der Waals surface area contributed by atoms with Crippen molar-refractivity contribution in [2.24, 2.45) is 0 Å². The van der Waals surface area contributed by atoms with Crippen LogP contribution in [0.25, 0.3) is 10.9 Å². The molecular formula is C13H9Br2NS. The third-order valence-corrected chi connectivity index (χ3v) is 5.15. The van der Waals surface area contributed by atoms with Gasteiger partial charge in [-0.1, -0.05) is 22.0 Å². The van der Waals surface area contributed by atoms with Crippen molar-refractivity contribution < 1.29 is 0 Å². The first-order valence-corrected chi connectivity index (χ1v) is 7.67. The van der Waals surface area contributed by atoms with E-state index in [1.54, 1.807) is 11.3 Å². The van der Waals surface area contributed by atoms with Crippen LogP contribution >= 0.6 is 43.2 Å². The summed E-state index contributed by atoms with van der Waals surface area (Å²) in [5, 5.41) is 3.39. The predicted octanol–water partition coefficient (Wildman–Crippen LogP) is 5.28. The van der Waals surface area contributed by atoms with Crippen molar-refractivity contribution in [1.29, 1.82) is 0 Å². The molecule has 0 saturated carbocycles. The maximum absolute atomic E-state index is 3.58. The number of benzene rings is 1. The Labute approximate surface area is 120 Å². The summed E-state index contributed by atoms with van der Waals surface area (Å²) in [5.74, 6) is 0. The number of hydrogen-bond donors (Lipinski definition) is 0. The molecule has 1 aromatic carbocycles. The first kappa shape index (κ1) is 11.5. The van der Waals surface area contributed by atoms with Gasteiger partial charge in [-0.15, -0.1) is 11.3 Å². The van der Waals surface area contributed by atoms with E-state index in [4.69, 9.17) is 0 Å². The Morgan fingerprint density at radius 2 is 2.00 bits per heavy atom. The van der Waals surface area contributed by atoms with E-state index in [0.29, 0.717) is 0 Å². The molecule has 0 fully saturated rings. The van der Waals surface area contributed by atoms with Crippen molar-refractivity contribution in [2.75, 3.05) is 0 Å². The maximum atomic E-state index is 3.58. The molecule has 3 aromatic rings. The molecule has 0 amide bonds. The standard InChI is InChI=1S/C13H9Br2NS/c14-10-2-1-9-3-5-16(12(9)7-10)8-13-11(15)4-6-17-13/h1-7H,8H2. The summed E-state index contributed by atoms with van der Waals surface area (Å²) in [6.45, 7) is 0.915. The minimum absolute atomic E-state index is 0.915. The van der Waals surface area contributed by atoms with Gasteiger partial charge in [0.2, 0.25) is 0 Å². The van der Waals surface area contributed by atoms with Crippen LogP contribution in [-0.2, 0) is 6.54 Å². The van der Waals surface area contributed by atoms with Crippen LogP contribution in [0.15, 0.2) is 50.9 Å². The molecule has 4 heteroatoms. The third kappa shape index (κ3) is 2.21. The van der Waals surface area contributed by atoms with Crippen LogP contribution in [0.3, 0.4) is 0 Å². The minimum atomic E-state index is 0.915. The fourth-order valence-electron chi connectivity index (χ4n) is 1.89. The van der Waals surface area contributed by atoms with Crippen LogP contribution in [0.4, 0.5) is 0 Å². The lowest BCUT2D eigenvalue weighted by Gasteiger charge is -2.04. The van der Waals surface area contributed by atoms with Crippen LogP contribution in [-0.4, -0.2) is 4.57 Å². The molecule has 2 heterocycles. The van der Waals surface area contributed by atoms with E-state index in [1.807, 2.05) is 0 Å². The molecule has 0 aliphatic carbocycles. The van der Waals surface area contributed by atoms with Gasteiger partial charge in [0, 0.05) is 25.5 Å². The zero-order valence-electron chi connectivity index (χ0n) is 8.86. The molecule has 0 N–H and O–H groups in total. The van der Waals surface area contributed by atoms with E-state index in [9.17, 15) is 0 Å². The molecule has 0 aliphatic rings. The highest BCUT2D eigenvalue weighted by Gasteiger charge is 2.05. The number of aromatic nitrogens is 1. The Morgan fingerprint density at radius 1 is 1.12 bits per heavy atom. The second kappa shape index (κ2) is 4.59. The SMILES string of the molecule is Brc1ccc2ccn(Cc3sccc3Br)c2c1. The molecule has 3 rings (SSSR count). The van der Waals surface area contributed by atoms with E-state index >= 15 is 0 Å². The molecule has 1 nitrogen and oxygen atoms in total. The monoisotopic (exact) mass is 369 g/mol. The lowest BCUT2D eigenvalue weighted by Crippen LogP contribution is -1.95. The number of rotatable bonds is 2. The van der Waals surface area contributed by atoms with E-state index in [2.05, 4.69) is 78.3 Å². The summed E-state index contributed by atoms with van der Waals surface area (Å²) in [5.41, 5.74) is 1.26. The van der Waals surface area contributed by atoms with Gasteiger partial charge in [0.15, 0.2) is 0 Å². The van der Waals surface area contributed by atoms with Gasteiger partial charge in [-0.3, -0.25) is 0 Å². The molecule has 17 heavy (non-hydrogen) atoms. The Bertz CT molecular complexity index is 669. The minimum Gasteiger partial charge on any atom is -0.342 e. The molecule has 0 unspecified atom stereocenters. The third-order valence-electron chi connectivity index (χ3n) is 2.74. The van der Waals surface area contributed by atoms with E-state index in [-0.39, 0.29) is 0 Å². The van der Waals surface area contributed by atoms with E-state index < -0.39 is 0 Å². The van der Waals surface area contributed by atoms with Crippen molar-refractivity contribution in [1.82, 2.24) is 4.57 Å². The van der Waals surface area contributed by atoms with Gasteiger partial charge in [0.1, 0.15) is 0 Å². The van der Waals surface area contributed by atoms with E-state index in [1.165, 1.54) is 20.3 Å². The van der Waals surface area contributed by atoms with Gasteiger partial charge in [-0.05, 0) is 51.0 Å². The number of halogens is 2. The molecular weight excluding hydrogens is 362 g/mol. The lowest BCUT2D eigenvalue weighted by molar-refractivity contribution is 0.848. The van der Waals surface area contributed by atoms with Gasteiger partial charge in [-0.25, -0.2) is 0 Å². The van der Waals surface area contributed by atoms with Crippen molar-refractivity contribution in [2.45, 2.75) is 6.54 Å². The average molecular weight is 371 g/mol. The van der Waals surface area contributed by atoms with Crippen molar-refractivity contribution in [3.8, 4) is 0 Å². The summed E-state index contributed by atoms with van der Waals surface area (Å²) in [7, 11) is 0. The fourth-order valence-corrected chi connectivity index (χ4v) is 3.71. The van der Waals surface area contributed by atoms with Crippen molar-refractivity contribution in [3.05, 3.63) is 55.7 Å². The first-order chi connectivity index (χ1) is 8.24. The van der Waals surface area contributed by atoms with Crippen LogP contribution in [0.1, 0.15) is 4.88 Å². The summed E-state index contributed by atoms with van der Waals surface area (Å²) < 4.78 is 4.59. The van der Waals surface area contributed by atoms with Gasteiger partial charge >= 0.3 is 0 Å². The van der Waals surface area contributed by atoms with E-state index in [0.717, 1.165) is 11.0 Å². The van der Waals surface area contributed by atoms with Crippen LogP contribution in [0.2, 0.25) is 0 Å². The quantitative estimate of drug-likeness (QED) is 0.578. The molecule has 0 radical (unpaired) electrons. The average Bonchev–Trinajstić information content (AvgIpc) is 2.88. The van der Waals surface area contributed by atoms with Crippen LogP contribution in [0, 0.1) is 0 Å².